The highest BCUT2D eigenvalue weighted by atomic mass is 16.5. The number of methoxy groups -OCH3 is 1. The van der Waals surface area contributed by atoms with Gasteiger partial charge in [0, 0.05) is 6.54 Å². The molecule has 16 heavy (non-hydrogen) atoms. The number of carbonyl (C=O) groups excluding carboxylic acids is 1. The number of piperidine rings is 1. The normalized spacial score (nSPS) is 17.3. The van der Waals surface area contributed by atoms with Crippen molar-refractivity contribution in [2.45, 2.75) is 19.4 Å². The van der Waals surface area contributed by atoms with Crippen molar-refractivity contribution in [1.29, 1.82) is 0 Å². The molecule has 0 spiro atoms. The van der Waals surface area contributed by atoms with Crippen LogP contribution in [0.3, 0.4) is 0 Å². The van der Waals surface area contributed by atoms with Crippen LogP contribution in [0.15, 0.2) is 6.20 Å². The summed E-state index contributed by atoms with van der Waals surface area (Å²) in [6.45, 7) is 2.94. The lowest BCUT2D eigenvalue weighted by atomic mass is 9.98. The molecule has 2 heterocycles. The summed E-state index contributed by atoms with van der Waals surface area (Å²) in [7, 11) is 1.34. The Hall–Kier alpha value is -1.43. The summed E-state index contributed by atoms with van der Waals surface area (Å²) in [6, 6.07) is 0. The first-order valence-electron chi connectivity index (χ1n) is 5.49. The second kappa shape index (κ2) is 5.07. The summed E-state index contributed by atoms with van der Waals surface area (Å²) in [4.78, 5) is 11.2. The van der Waals surface area contributed by atoms with Crippen molar-refractivity contribution in [1.82, 2.24) is 20.3 Å². The van der Waals surface area contributed by atoms with Gasteiger partial charge in [0.2, 0.25) is 0 Å². The van der Waals surface area contributed by atoms with E-state index < -0.39 is 5.97 Å². The zero-order chi connectivity index (χ0) is 11.4. The molecule has 0 bridgehead atoms. The minimum atomic E-state index is -0.434. The molecule has 2 rings (SSSR count). The summed E-state index contributed by atoms with van der Waals surface area (Å²) >= 11 is 0. The molecular weight excluding hydrogens is 208 g/mol. The highest BCUT2D eigenvalue weighted by molar-refractivity contribution is 5.86. The molecule has 1 aliphatic rings. The minimum Gasteiger partial charge on any atom is -0.464 e. The van der Waals surface area contributed by atoms with Crippen LogP contribution in [0.2, 0.25) is 0 Å². The van der Waals surface area contributed by atoms with Crippen LogP contribution in [-0.2, 0) is 11.3 Å². The van der Waals surface area contributed by atoms with Gasteiger partial charge >= 0.3 is 5.97 Å². The Bertz CT molecular complexity index is 357. The third-order valence-electron chi connectivity index (χ3n) is 2.84. The molecule has 88 valence electrons. The number of rotatable bonds is 3. The van der Waals surface area contributed by atoms with Crippen LogP contribution in [0.5, 0.6) is 0 Å². The Labute approximate surface area is 94.0 Å². The van der Waals surface area contributed by atoms with Crippen molar-refractivity contribution >= 4 is 5.97 Å². The molecule has 6 heteroatoms. The Morgan fingerprint density at radius 1 is 1.62 bits per heavy atom. The van der Waals surface area contributed by atoms with Crippen LogP contribution in [0, 0.1) is 5.92 Å². The lowest BCUT2D eigenvalue weighted by Gasteiger charge is -2.21. The third kappa shape index (κ3) is 2.57. The van der Waals surface area contributed by atoms with Gasteiger partial charge in [0.1, 0.15) is 0 Å². The summed E-state index contributed by atoms with van der Waals surface area (Å²) in [5.41, 5.74) is 0.274. The van der Waals surface area contributed by atoms with E-state index in [1.165, 1.54) is 7.11 Å². The molecule has 0 aromatic carbocycles. The van der Waals surface area contributed by atoms with Crippen LogP contribution in [0.4, 0.5) is 0 Å². The van der Waals surface area contributed by atoms with Gasteiger partial charge in [-0.3, -0.25) is 4.68 Å². The van der Waals surface area contributed by atoms with Crippen LogP contribution in [-0.4, -0.2) is 41.2 Å². The SMILES string of the molecule is COC(=O)c1cn(CC2CCNCC2)nn1. The number of nitrogens with one attached hydrogen (secondary N) is 1. The molecule has 0 radical (unpaired) electrons. The van der Waals surface area contributed by atoms with E-state index in [0.29, 0.717) is 5.92 Å². The smallest absolute Gasteiger partial charge is 0.360 e. The molecule has 0 atom stereocenters. The molecule has 1 fully saturated rings. The molecule has 0 saturated carbocycles. The van der Waals surface area contributed by atoms with Crippen molar-refractivity contribution in [3.05, 3.63) is 11.9 Å². The standard InChI is InChI=1S/C10H16N4O2/c1-16-10(15)9-7-14(13-12-9)6-8-2-4-11-5-3-8/h7-8,11H,2-6H2,1H3. The average molecular weight is 224 g/mol. The van der Waals surface area contributed by atoms with Crippen molar-refractivity contribution < 1.29 is 9.53 Å². The first-order valence-corrected chi connectivity index (χ1v) is 5.49. The molecule has 1 N–H and O–H groups in total. The minimum absolute atomic E-state index is 0.274. The van der Waals surface area contributed by atoms with E-state index in [9.17, 15) is 4.79 Å². The van der Waals surface area contributed by atoms with E-state index in [1.54, 1.807) is 10.9 Å². The van der Waals surface area contributed by atoms with Crippen molar-refractivity contribution in [2.24, 2.45) is 5.92 Å². The van der Waals surface area contributed by atoms with Gasteiger partial charge in [-0.1, -0.05) is 5.21 Å². The van der Waals surface area contributed by atoms with Crippen LogP contribution in [0.1, 0.15) is 23.3 Å². The van der Waals surface area contributed by atoms with Gasteiger partial charge < -0.3 is 10.1 Å². The highest BCUT2D eigenvalue weighted by Gasteiger charge is 2.16. The first-order chi connectivity index (χ1) is 7.79. The molecule has 0 aliphatic carbocycles. The zero-order valence-electron chi connectivity index (χ0n) is 9.35. The number of ether oxygens (including phenoxy) is 1. The van der Waals surface area contributed by atoms with Crippen molar-refractivity contribution in [3.8, 4) is 0 Å². The van der Waals surface area contributed by atoms with E-state index in [1.807, 2.05) is 0 Å². The first kappa shape index (κ1) is 11.1. The van der Waals surface area contributed by atoms with E-state index in [0.717, 1.165) is 32.5 Å². The van der Waals surface area contributed by atoms with E-state index in [-0.39, 0.29) is 5.69 Å². The van der Waals surface area contributed by atoms with Crippen LogP contribution < -0.4 is 5.32 Å². The summed E-state index contributed by atoms with van der Waals surface area (Å²) in [5.74, 6) is 0.185. The van der Waals surface area contributed by atoms with E-state index >= 15 is 0 Å². The fourth-order valence-corrected chi connectivity index (χ4v) is 1.91. The summed E-state index contributed by atoms with van der Waals surface area (Å²) in [5, 5.41) is 11.0. The number of carbonyl (C=O) groups is 1. The second-order valence-electron chi connectivity index (χ2n) is 4.01. The predicted octanol–water partition coefficient (Wildman–Crippen LogP) is 0.0643. The molecule has 1 aliphatic heterocycles. The molecule has 1 aromatic rings. The third-order valence-corrected chi connectivity index (χ3v) is 2.84. The number of hydrogen-bond donors (Lipinski definition) is 1. The molecule has 1 saturated heterocycles. The largest absolute Gasteiger partial charge is 0.464 e. The average Bonchev–Trinajstić information content (AvgIpc) is 2.78. The predicted molar refractivity (Wildman–Crippen MR) is 57.0 cm³/mol. The number of esters is 1. The number of nitrogens with zero attached hydrogens (tertiary/aromatic N) is 3. The molecule has 1 aromatic heterocycles. The zero-order valence-corrected chi connectivity index (χ0v) is 9.35. The number of hydrogen-bond acceptors (Lipinski definition) is 5. The maximum absolute atomic E-state index is 11.2. The van der Waals surface area contributed by atoms with E-state index in [4.69, 9.17) is 0 Å². The quantitative estimate of drug-likeness (QED) is 0.735. The Kier molecular flexibility index (Phi) is 3.51. The summed E-state index contributed by atoms with van der Waals surface area (Å²) in [6.07, 6.45) is 3.94. The fraction of sp³-hybridized carbons (Fsp3) is 0.700. The van der Waals surface area contributed by atoms with Gasteiger partial charge in [-0.2, -0.15) is 0 Å². The number of aromatic nitrogens is 3. The van der Waals surface area contributed by atoms with Crippen molar-refractivity contribution in [3.63, 3.8) is 0 Å². The lowest BCUT2D eigenvalue weighted by molar-refractivity contribution is 0.0594. The van der Waals surface area contributed by atoms with Gasteiger partial charge in [0.15, 0.2) is 5.69 Å². The van der Waals surface area contributed by atoms with Crippen LogP contribution >= 0.6 is 0 Å². The highest BCUT2D eigenvalue weighted by Crippen LogP contribution is 2.13. The topological polar surface area (TPSA) is 69.0 Å². The maximum atomic E-state index is 11.2. The molecular formula is C10H16N4O2. The Morgan fingerprint density at radius 2 is 2.38 bits per heavy atom. The summed E-state index contributed by atoms with van der Waals surface area (Å²) < 4.78 is 6.30. The molecule has 0 unspecified atom stereocenters. The molecule has 6 nitrogen and oxygen atoms in total. The maximum Gasteiger partial charge on any atom is 0.360 e. The van der Waals surface area contributed by atoms with Gasteiger partial charge in [-0.15, -0.1) is 5.10 Å². The van der Waals surface area contributed by atoms with Crippen LogP contribution in [0.25, 0.3) is 0 Å². The van der Waals surface area contributed by atoms with Gasteiger partial charge in [-0.05, 0) is 31.8 Å². The van der Waals surface area contributed by atoms with Crippen molar-refractivity contribution in [2.75, 3.05) is 20.2 Å². The monoisotopic (exact) mass is 224 g/mol. The van der Waals surface area contributed by atoms with Gasteiger partial charge in [0.25, 0.3) is 0 Å². The Morgan fingerprint density at radius 3 is 3.06 bits per heavy atom. The van der Waals surface area contributed by atoms with Gasteiger partial charge in [-0.25, -0.2) is 4.79 Å². The lowest BCUT2D eigenvalue weighted by Crippen LogP contribution is -2.30. The second-order valence-corrected chi connectivity index (χ2v) is 4.01. The fourth-order valence-electron chi connectivity index (χ4n) is 1.91. The van der Waals surface area contributed by atoms with E-state index in [2.05, 4.69) is 20.4 Å². The Balaban J connectivity index is 1.94. The van der Waals surface area contributed by atoms with Gasteiger partial charge in [0.05, 0.1) is 13.3 Å². The molecule has 0 amide bonds.